The molecule has 1 N–H and O–H groups in total. The molecule has 0 bridgehead atoms. The number of rotatable bonds is 5. The molecule has 27 heavy (non-hydrogen) atoms. The van der Waals surface area contributed by atoms with Crippen LogP contribution in [0.15, 0.2) is 36.7 Å². The van der Waals surface area contributed by atoms with Gasteiger partial charge in [-0.1, -0.05) is 12.1 Å². The second kappa shape index (κ2) is 8.90. The van der Waals surface area contributed by atoms with Crippen molar-refractivity contribution in [2.24, 2.45) is 5.92 Å². The van der Waals surface area contributed by atoms with Gasteiger partial charge in [-0.2, -0.15) is 0 Å². The number of hydrogen-bond donors (Lipinski definition) is 1. The van der Waals surface area contributed by atoms with Gasteiger partial charge in [0, 0.05) is 52.0 Å². The van der Waals surface area contributed by atoms with Gasteiger partial charge in [-0.3, -0.25) is 4.79 Å². The minimum atomic E-state index is -0.285. The van der Waals surface area contributed by atoms with E-state index in [1.807, 2.05) is 30.0 Å². The van der Waals surface area contributed by atoms with Crippen molar-refractivity contribution < 1.29 is 9.18 Å². The highest BCUT2D eigenvalue weighted by atomic mass is 19.1. The molecule has 0 aliphatic carbocycles. The van der Waals surface area contributed by atoms with E-state index in [1.54, 1.807) is 18.5 Å². The van der Waals surface area contributed by atoms with Gasteiger partial charge in [-0.25, -0.2) is 14.4 Å². The monoisotopic (exact) mass is 371 g/mol. The second-order valence-corrected chi connectivity index (χ2v) is 7.18. The molecule has 0 unspecified atom stereocenters. The smallest absolute Gasteiger partial charge is 0.227 e. The third-order valence-corrected chi connectivity index (χ3v) is 4.76. The minimum absolute atomic E-state index is 0.0759. The highest BCUT2D eigenvalue weighted by Gasteiger charge is 2.22. The number of anilines is 1. The molecule has 1 aromatic carbocycles. The topological polar surface area (TPSA) is 61.4 Å². The van der Waals surface area contributed by atoms with Gasteiger partial charge < -0.3 is 15.1 Å². The van der Waals surface area contributed by atoms with Crippen LogP contribution in [0.2, 0.25) is 0 Å². The Labute approximate surface area is 159 Å². The van der Waals surface area contributed by atoms with Crippen LogP contribution in [0.5, 0.6) is 0 Å². The minimum Gasteiger partial charge on any atom is -0.363 e. The number of aromatic nitrogens is 2. The van der Waals surface area contributed by atoms with E-state index < -0.39 is 0 Å². The Morgan fingerprint density at radius 3 is 2.81 bits per heavy atom. The molecule has 1 fully saturated rings. The van der Waals surface area contributed by atoms with Crippen molar-refractivity contribution >= 4 is 11.7 Å². The molecule has 0 saturated carbocycles. The molecule has 2 aromatic rings. The number of nitrogens with zero attached hydrogens (tertiary/aromatic N) is 4. The van der Waals surface area contributed by atoms with Gasteiger partial charge in [0.05, 0.1) is 6.42 Å². The van der Waals surface area contributed by atoms with Crippen LogP contribution in [0.4, 0.5) is 10.2 Å². The van der Waals surface area contributed by atoms with Gasteiger partial charge in [-0.15, -0.1) is 0 Å². The Morgan fingerprint density at radius 1 is 1.30 bits per heavy atom. The summed E-state index contributed by atoms with van der Waals surface area (Å²) >= 11 is 0. The molecular formula is C20H26FN5O. The van der Waals surface area contributed by atoms with Crippen molar-refractivity contribution in [2.75, 3.05) is 45.2 Å². The Morgan fingerprint density at radius 2 is 2.07 bits per heavy atom. The summed E-state index contributed by atoms with van der Waals surface area (Å²) < 4.78 is 13.1. The molecule has 1 amide bonds. The summed E-state index contributed by atoms with van der Waals surface area (Å²) in [6.07, 6.45) is 2.67. The van der Waals surface area contributed by atoms with Crippen molar-refractivity contribution in [2.45, 2.75) is 12.8 Å². The first-order valence-corrected chi connectivity index (χ1v) is 9.22. The molecule has 3 rings (SSSR count). The Kier molecular flexibility index (Phi) is 6.34. The van der Waals surface area contributed by atoms with Crippen molar-refractivity contribution in [3.8, 4) is 0 Å². The zero-order valence-corrected chi connectivity index (χ0v) is 15.9. The first kappa shape index (κ1) is 19.2. The van der Waals surface area contributed by atoms with Gasteiger partial charge in [0.25, 0.3) is 0 Å². The fourth-order valence-electron chi connectivity index (χ4n) is 3.28. The Bertz CT molecular complexity index is 765. The number of benzene rings is 1. The SMILES string of the molecule is CN(C)c1cc(C[C@@H]2CNCCN(C(=O)Cc3ccc(F)cc3)C2)ncn1. The molecule has 1 atom stereocenters. The van der Waals surface area contributed by atoms with E-state index >= 15 is 0 Å². The van der Waals surface area contributed by atoms with Crippen LogP contribution in [0, 0.1) is 11.7 Å². The number of carbonyl (C=O) groups is 1. The lowest BCUT2D eigenvalue weighted by molar-refractivity contribution is -0.130. The van der Waals surface area contributed by atoms with Gasteiger partial charge >= 0.3 is 0 Å². The molecule has 1 aliphatic rings. The first-order valence-electron chi connectivity index (χ1n) is 9.22. The standard InChI is InChI=1S/C20H26FN5O/c1-25(2)19-11-18(23-14-24-19)9-16-12-22-7-8-26(13-16)20(27)10-15-3-5-17(21)6-4-15/h3-6,11,14,16,22H,7-10,12-13H2,1-2H3/t16-/m1/s1. The number of carbonyl (C=O) groups excluding carboxylic acids is 1. The van der Waals surface area contributed by atoms with E-state index in [2.05, 4.69) is 15.3 Å². The van der Waals surface area contributed by atoms with Gasteiger partial charge in [-0.05, 0) is 30.0 Å². The molecule has 7 heteroatoms. The van der Waals surface area contributed by atoms with E-state index in [4.69, 9.17) is 0 Å². The summed E-state index contributed by atoms with van der Waals surface area (Å²) in [6, 6.07) is 8.13. The van der Waals surface area contributed by atoms with E-state index in [0.29, 0.717) is 19.5 Å². The van der Waals surface area contributed by atoms with Crippen LogP contribution in [0.25, 0.3) is 0 Å². The van der Waals surface area contributed by atoms with E-state index in [1.165, 1.54) is 12.1 Å². The van der Waals surface area contributed by atoms with Crippen molar-refractivity contribution in [3.05, 3.63) is 53.7 Å². The fraction of sp³-hybridized carbons (Fsp3) is 0.450. The third kappa shape index (κ3) is 5.47. The van der Waals surface area contributed by atoms with Crippen LogP contribution < -0.4 is 10.2 Å². The zero-order valence-electron chi connectivity index (χ0n) is 15.9. The van der Waals surface area contributed by atoms with Gasteiger partial charge in [0.2, 0.25) is 5.91 Å². The molecular weight excluding hydrogens is 345 g/mol. The predicted molar refractivity (Wildman–Crippen MR) is 103 cm³/mol. The molecule has 1 aromatic heterocycles. The Hall–Kier alpha value is -2.54. The maximum atomic E-state index is 13.1. The second-order valence-electron chi connectivity index (χ2n) is 7.18. The summed E-state index contributed by atoms with van der Waals surface area (Å²) in [6.45, 7) is 3.00. The summed E-state index contributed by atoms with van der Waals surface area (Å²) in [5, 5.41) is 3.41. The molecule has 1 saturated heterocycles. The highest BCUT2D eigenvalue weighted by Crippen LogP contribution is 2.15. The molecule has 144 valence electrons. The Balaban J connectivity index is 1.63. The highest BCUT2D eigenvalue weighted by molar-refractivity contribution is 5.78. The van der Waals surface area contributed by atoms with Crippen LogP contribution in [0.1, 0.15) is 11.3 Å². The van der Waals surface area contributed by atoms with Crippen molar-refractivity contribution in [1.29, 1.82) is 0 Å². The quantitative estimate of drug-likeness (QED) is 0.863. The van der Waals surface area contributed by atoms with Crippen molar-refractivity contribution in [1.82, 2.24) is 20.2 Å². The maximum absolute atomic E-state index is 13.1. The molecule has 2 heterocycles. The molecule has 6 nitrogen and oxygen atoms in total. The van der Waals surface area contributed by atoms with Crippen LogP contribution in [-0.2, 0) is 17.6 Å². The summed E-state index contributed by atoms with van der Waals surface area (Å²) in [4.78, 5) is 25.2. The molecule has 0 spiro atoms. The summed E-state index contributed by atoms with van der Waals surface area (Å²) in [5.74, 6) is 0.958. The average Bonchev–Trinajstić information content (AvgIpc) is 2.89. The van der Waals surface area contributed by atoms with Crippen molar-refractivity contribution in [3.63, 3.8) is 0 Å². The van der Waals surface area contributed by atoms with Crippen LogP contribution in [0.3, 0.4) is 0 Å². The van der Waals surface area contributed by atoms with E-state index in [9.17, 15) is 9.18 Å². The fourth-order valence-corrected chi connectivity index (χ4v) is 3.28. The lowest BCUT2D eigenvalue weighted by atomic mass is 10.0. The van der Waals surface area contributed by atoms with E-state index in [0.717, 1.165) is 36.6 Å². The number of hydrogen-bond acceptors (Lipinski definition) is 5. The third-order valence-electron chi connectivity index (χ3n) is 4.76. The number of halogens is 1. The number of amides is 1. The normalized spacial score (nSPS) is 17.4. The largest absolute Gasteiger partial charge is 0.363 e. The summed E-state index contributed by atoms with van der Waals surface area (Å²) in [7, 11) is 3.91. The lowest BCUT2D eigenvalue weighted by Crippen LogP contribution is -2.37. The van der Waals surface area contributed by atoms with Crippen LogP contribution in [-0.4, -0.2) is 61.0 Å². The first-order chi connectivity index (χ1) is 13.0. The predicted octanol–water partition coefficient (Wildman–Crippen LogP) is 1.51. The summed E-state index contributed by atoms with van der Waals surface area (Å²) in [5.41, 5.74) is 1.81. The average molecular weight is 371 g/mol. The van der Waals surface area contributed by atoms with Gasteiger partial charge in [0.15, 0.2) is 0 Å². The van der Waals surface area contributed by atoms with Gasteiger partial charge in [0.1, 0.15) is 18.0 Å². The molecule has 0 radical (unpaired) electrons. The molecule has 1 aliphatic heterocycles. The van der Waals surface area contributed by atoms with E-state index in [-0.39, 0.29) is 17.6 Å². The lowest BCUT2D eigenvalue weighted by Gasteiger charge is -2.24. The maximum Gasteiger partial charge on any atom is 0.227 e. The van der Waals surface area contributed by atoms with Crippen LogP contribution >= 0.6 is 0 Å². The zero-order chi connectivity index (χ0) is 19.2. The number of nitrogens with one attached hydrogen (secondary N) is 1.